The maximum atomic E-state index is 11.5. The number of nitrogens with zero attached hydrogens (tertiary/aromatic N) is 2. The van der Waals surface area contributed by atoms with E-state index in [9.17, 15) is 14.4 Å². The molecule has 1 fully saturated rings. The number of hydrogen-bond acceptors (Lipinski definition) is 5. The summed E-state index contributed by atoms with van der Waals surface area (Å²) in [5.74, 6) is -1.54. The van der Waals surface area contributed by atoms with Gasteiger partial charge in [-0.3, -0.25) is 9.59 Å². The first-order valence-corrected chi connectivity index (χ1v) is 5.31. The number of carbonyl (C=O) groups is 3. The molecule has 0 unspecified atom stereocenters. The highest BCUT2D eigenvalue weighted by atomic mass is 16.7. The van der Waals surface area contributed by atoms with Crippen molar-refractivity contribution < 1.29 is 19.2 Å². The first-order valence-electron chi connectivity index (χ1n) is 5.31. The molecule has 17 heavy (non-hydrogen) atoms. The Morgan fingerprint density at radius 3 is 2.53 bits per heavy atom. The fourth-order valence-electron chi connectivity index (χ4n) is 1.58. The number of rotatable bonds is 3. The van der Waals surface area contributed by atoms with E-state index in [1.54, 1.807) is 17.2 Å². The zero-order chi connectivity index (χ0) is 12.3. The fraction of sp³-hybridized carbons (Fsp3) is 0.364. The minimum atomic E-state index is -0.617. The SMILES string of the molecule is O=C(CN1C=CC=CC1)ON1C(=O)CCC1=O. The topological polar surface area (TPSA) is 66.9 Å². The third-order valence-electron chi connectivity index (χ3n) is 2.42. The normalized spacial score (nSPS) is 19.1. The van der Waals surface area contributed by atoms with E-state index in [0.717, 1.165) is 0 Å². The largest absolute Gasteiger partial charge is 0.363 e. The van der Waals surface area contributed by atoms with E-state index in [0.29, 0.717) is 11.6 Å². The van der Waals surface area contributed by atoms with E-state index in [1.807, 2.05) is 12.2 Å². The lowest BCUT2D eigenvalue weighted by atomic mass is 10.3. The van der Waals surface area contributed by atoms with Crippen molar-refractivity contribution in [1.82, 2.24) is 9.96 Å². The average molecular weight is 236 g/mol. The molecule has 2 aliphatic rings. The first kappa shape index (κ1) is 11.4. The van der Waals surface area contributed by atoms with Crippen LogP contribution < -0.4 is 0 Å². The molecule has 0 N–H and O–H groups in total. The van der Waals surface area contributed by atoms with Crippen LogP contribution in [0.25, 0.3) is 0 Å². The Balaban J connectivity index is 1.85. The van der Waals surface area contributed by atoms with E-state index in [4.69, 9.17) is 4.84 Å². The molecule has 0 saturated carbocycles. The Hall–Kier alpha value is -2.11. The van der Waals surface area contributed by atoms with Crippen molar-refractivity contribution in [3.05, 3.63) is 24.4 Å². The minimum absolute atomic E-state index is 0.0118. The maximum absolute atomic E-state index is 11.5. The van der Waals surface area contributed by atoms with Gasteiger partial charge in [0.15, 0.2) is 0 Å². The van der Waals surface area contributed by atoms with Gasteiger partial charge in [-0.25, -0.2) is 4.79 Å². The fourth-order valence-corrected chi connectivity index (χ4v) is 1.58. The van der Waals surface area contributed by atoms with Crippen LogP contribution in [0, 0.1) is 0 Å². The van der Waals surface area contributed by atoms with Crippen LogP contribution in [-0.2, 0) is 19.2 Å². The Morgan fingerprint density at radius 2 is 1.94 bits per heavy atom. The lowest BCUT2D eigenvalue weighted by Gasteiger charge is -2.20. The molecule has 0 aromatic heterocycles. The van der Waals surface area contributed by atoms with Crippen LogP contribution in [-0.4, -0.2) is 40.8 Å². The van der Waals surface area contributed by atoms with E-state index in [-0.39, 0.29) is 19.4 Å². The molecule has 90 valence electrons. The van der Waals surface area contributed by atoms with Crippen LogP contribution in [0.3, 0.4) is 0 Å². The monoisotopic (exact) mass is 236 g/mol. The molecule has 2 amide bonds. The highest BCUT2D eigenvalue weighted by Gasteiger charge is 2.32. The van der Waals surface area contributed by atoms with Gasteiger partial charge < -0.3 is 9.74 Å². The molecule has 2 rings (SSSR count). The summed E-state index contributed by atoms with van der Waals surface area (Å²) in [4.78, 5) is 40.3. The number of allylic oxidation sites excluding steroid dienone is 2. The molecule has 0 aromatic rings. The summed E-state index contributed by atoms with van der Waals surface area (Å²) < 4.78 is 0. The van der Waals surface area contributed by atoms with Crippen molar-refractivity contribution in [2.24, 2.45) is 0 Å². The molecule has 0 atom stereocenters. The second kappa shape index (κ2) is 4.82. The Kier molecular flexibility index (Phi) is 3.22. The Bertz CT molecular complexity index is 398. The summed E-state index contributed by atoms with van der Waals surface area (Å²) in [6, 6.07) is 0. The highest BCUT2D eigenvalue weighted by molar-refractivity contribution is 6.01. The first-order chi connectivity index (χ1) is 8.16. The van der Waals surface area contributed by atoms with Crippen molar-refractivity contribution in [3.8, 4) is 0 Å². The number of hydrogen-bond donors (Lipinski definition) is 0. The smallest absolute Gasteiger partial charge is 0.352 e. The van der Waals surface area contributed by atoms with Gasteiger partial charge in [0.2, 0.25) is 0 Å². The summed E-state index contributed by atoms with van der Waals surface area (Å²) in [7, 11) is 0. The summed E-state index contributed by atoms with van der Waals surface area (Å²) in [5.41, 5.74) is 0. The Morgan fingerprint density at radius 1 is 1.24 bits per heavy atom. The standard InChI is InChI=1S/C11H12N2O4/c14-9-4-5-10(15)13(9)17-11(16)8-12-6-2-1-3-7-12/h1-3,6H,4-5,7-8H2. The molecule has 0 radical (unpaired) electrons. The van der Waals surface area contributed by atoms with Crippen LogP contribution in [0.15, 0.2) is 24.4 Å². The molecule has 0 bridgehead atoms. The summed E-state index contributed by atoms with van der Waals surface area (Å²) in [6.45, 7) is 0.616. The van der Waals surface area contributed by atoms with Gasteiger partial charge in [0, 0.05) is 19.4 Å². The summed E-state index contributed by atoms with van der Waals surface area (Å²) in [6.07, 6.45) is 7.52. The molecule has 6 heteroatoms. The molecule has 0 aliphatic carbocycles. The van der Waals surface area contributed by atoms with Gasteiger partial charge in [-0.15, -0.1) is 5.06 Å². The summed E-state index contributed by atoms with van der Waals surface area (Å²) in [5, 5.41) is 0.561. The third kappa shape index (κ3) is 2.72. The van der Waals surface area contributed by atoms with Crippen LogP contribution in [0.4, 0.5) is 0 Å². The number of carbonyl (C=O) groups excluding carboxylic acids is 3. The van der Waals surface area contributed by atoms with Crippen molar-refractivity contribution in [1.29, 1.82) is 0 Å². The van der Waals surface area contributed by atoms with Gasteiger partial charge in [-0.05, 0) is 12.3 Å². The Labute approximate surface area is 98.1 Å². The summed E-state index contributed by atoms with van der Waals surface area (Å²) >= 11 is 0. The minimum Gasteiger partial charge on any atom is -0.363 e. The van der Waals surface area contributed by atoms with Crippen LogP contribution in [0.1, 0.15) is 12.8 Å². The molecule has 1 saturated heterocycles. The second-order valence-corrected chi connectivity index (χ2v) is 3.74. The number of hydroxylamine groups is 2. The zero-order valence-corrected chi connectivity index (χ0v) is 9.17. The van der Waals surface area contributed by atoms with Crippen LogP contribution in [0.5, 0.6) is 0 Å². The second-order valence-electron chi connectivity index (χ2n) is 3.74. The molecule has 0 spiro atoms. The van der Waals surface area contributed by atoms with Crippen molar-refractivity contribution >= 4 is 17.8 Å². The van der Waals surface area contributed by atoms with Gasteiger partial charge in [0.05, 0.1) is 0 Å². The lowest BCUT2D eigenvalue weighted by Crippen LogP contribution is -2.36. The molecule has 0 aromatic carbocycles. The molecule has 2 heterocycles. The van der Waals surface area contributed by atoms with E-state index in [1.165, 1.54) is 0 Å². The molecular weight excluding hydrogens is 224 g/mol. The predicted octanol–water partition coefficient (Wildman–Crippen LogP) is -0.0209. The van der Waals surface area contributed by atoms with Gasteiger partial charge in [0.1, 0.15) is 6.54 Å². The average Bonchev–Trinajstić information content (AvgIpc) is 2.62. The van der Waals surface area contributed by atoms with Crippen molar-refractivity contribution in [2.75, 3.05) is 13.1 Å². The van der Waals surface area contributed by atoms with Gasteiger partial charge in [-0.1, -0.05) is 12.2 Å². The zero-order valence-electron chi connectivity index (χ0n) is 9.17. The predicted molar refractivity (Wildman–Crippen MR) is 57.0 cm³/mol. The lowest BCUT2D eigenvalue weighted by molar-refractivity contribution is -0.197. The van der Waals surface area contributed by atoms with Crippen LogP contribution >= 0.6 is 0 Å². The van der Waals surface area contributed by atoms with Crippen molar-refractivity contribution in [2.45, 2.75) is 12.8 Å². The van der Waals surface area contributed by atoms with Gasteiger partial charge in [-0.2, -0.15) is 0 Å². The molecule has 6 nitrogen and oxygen atoms in total. The molecular formula is C11H12N2O4. The number of imide groups is 1. The third-order valence-corrected chi connectivity index (χ3v) is 2.42. The molecule has 2 aliphatic heterocycles. The quantitative estimate of drug-likeness (QED) is 0.644. The van der Waals surface area contributed by atoms with E-state index in [2.05, 4.69) is 0 Å². The van der Waals surface area contributed by atoms with Gasteiger partial charge >= 0.3 is 5.97 Å². The van der Waals surface area contributed by atoms with Crippen molar-refractivity contribution in [3.63, 3.8) is 0 Å². The van der Waals surface area contributed by atoms with Gasteiger partial charge in [0.25, 0.3) is 11.8 Å². The van der Waals surface area contributed by atoms with E-state index < -0.39 is 17.8 Å². The maximum Gasteiger partial charge on any atom is 0.352 e. The highest BCUT2D eigenvalue weighted by Crippen LogP contribution is 2.12. The van der Waals surface area contributed by atoms with E-state index >= 15 is 0 Å². The van der Waals surface area contributed by atoms with Crippen LogP contribution in [0.2, 0.25) is 0 Å². The number of amides is 2.